The highest BCUT2D eigenvalue weighted by Crippen LogP contribution is 2.22. The Labute approximate surface area is 124 Å². The third kappa shape index (κ3) is 3.22. The van der Waals surface area contributed by atoms with Gasteiger partial charge in [-0.1, -0.05) is 27.5 Å². The molecule has 0 saturated heterocycles. The molecule has 1 aromatic carbocycles. The predicted octanol–water partition coefficient (Wildman–Crippen LogP) is 3.70. The van der Waals surface area contributed by atoms with Crippen LogP contribution in [-0.2, 0) is 6.42 Å². The van der Waals surface area contributed by atoms with Gasteiger partial charge in [0, 0.05) is 16.1 Å². The van der Waals surface area contributed by atoms with Gasteiger partial charge in [-0.25, -0.2) is 9.67 Å². The van der Waals surface area contributed by atoms with Crippen molar-refractivity contribution in [1.82, 2.24) is 14.8 Å². The average Bonchev–Trinajstić information content (AvgIpc) is 2.80. The SMILES string of the molecule is CC(C)n1ncnc1CC(=O)c1cc(Br)ccc1Cl. The Balaban J connectivity index is 2.26. The first-order valence-electron chi connectivity index (χ1n) is 5.85. The van der Waals surface area contributed by atoms with E-state index in [1.807, 2.05) is 13.8 Å². The van der Waals surface area contributed by atoms with E-state index >= 15 is 0 Å². The summed E-state index contributed by atoms with van der Waals surface area (Å²) < 4.78 is 2.56. The fourth-order valence-corrected chi connectivity index (χ4v) is 2.37. The number of carbonyl (C=O) groups is 1. The number of benzene rings is 1. The number of hydrogen-bond acceptors (Lipinski definition) is 3. The first-order valence-corrected chi connectivity index (χ1v) is 7.02. The molecule has 0 N–H and O–H groups in total. The van der Waals surface area contributed by atoms with Crippen molar-refractivity contribution in [2.75, 3.05) is 0 Å². The summed E-state index contributed by atoms with van der Waals surface area (Å²) in [5.74, 6) is 0.581. The van der Waals surface area contributed by atoms with E-state index in [1.165, 1.54) is 6.33 Å². The van der Waals surface area contributed by atoms with Crippen LogP contribution in [0.4, 0.5) is 0 Å². The molecule has 6 heteroatoms. The smallest absolute Gasteiger partial charge is 0.171 e. The van der Waals surface area contributed by atoms with Gasteiger partial charge >= 0.3 is 0 Å². The van der Waals surface area contributed by atoms with Crippen molar-refractivity contribution < 1.29 is 4.79 Å². The Morgan fingerprint density at radius 1 is 1.47 bits per heavy atom. The second-order valence-electron chi connectivity index (χ2n) is 4.44. The molecule has 0 saturated carbocycles. The molecule has 0 amide bonds. The molecule has 0 spiro atoms. The summed E-state index contributed by atoms with van der Waals surface area (Å²) in [6.07, 6.45) is 1.65. The van der Waals surface area contributed by atoms with Crippen molar-refractivity contribution in [3.63, 3.8) is 0 Å². The highest BCUT2D eigenvalue weighted by Gasteiger charge is 2.16. The zero-order valence-corrected chi connectivity index (χ0v) is 12.9. The first-order chi connectivity index (χ1) is 8.99. The molecule has 0 aliphatic rings. The van der Waals surface area contributed by atoms with Crippen LogP contribution in [0.15, 0.2) is 29.0 Å². The molecule has 0 atom stereocenters. The van der Waals surface area contributed by atoms with Crippen LogP contribution < -0.4 is 0 Å². The predicted molar refractivity (Wildman–Crippen MR) is 77.6 cm³/mol. The van der Waals surface area contributed by atoms with Gasteiger partial charge in [-0.05, 0) is 32.0 Å². The average molecular weight is 343 g/mol. The third-order valence-electron chi connectivity index (χ3n) is 2.68. The minimum Gasteiger partial charge on any atom is -0.294 e. The van der Waals surface area contributed by atoms with Crippen LogP contribution in [0.1, 0.15) is 36.1 Å². The molecule has 4 nitrogen and oxygen atoms in total. The minimum atomic E-state index is -0.0683. The van der Waals surface area contributed by atoms with Gasteiger partial charge in [-0.15, -0.1) is 0 Å². The molecule has 0 aliphatic heterocycles. The van der Waals surface area contributed by atoms with Crippen molar-refractivity contribution in [3.8, 4) is 0 Å². The Bertz CT molecular complexity index is 610. The molecule has 100 valence electrons. The van der Waals surface area contributed by atoms with E-state index in [0.717, 1.165) is 4.47 Å². The molecular weight excluding hydrogens is 330 g/mol. The number of carbonyl (C=O) groups excluding carboxylic acids is 1. The quantitative estimate of drug-likeness (QED) is 0.796. The highest BCUT2D eigenvalue weighted by molar-refractivity contribution is 9.10. The Morgan fingerprint density at radius 2 is 2.21 bits per heavy atom. The Kier molecular flexibility index (Phi) is 4.37. The van der Waals surface area contributed by atoms with E-state index < -0.39 is 0 Å². The molecule has 0 unspecified atom stereocenters. The van der Waals surface area contributed by atoms with Crippen molar-refractivity contribution in [2.24, 2.45) is 0 Å². The van der Waals surface area contributed by atoms with E-state index in [2.05, 4.69) is 26.0 Å². The van der Waals surface area contributed by atoms with Gasteiger partial charge in [0.2, 0.25) is 0 Å². The monoisotopic (exact) mass is 341 g/mol. The topological polar surface area (TPSA) is 47.8 Å². The fourth-order valence-electron chi connectivity index (χ4n) is 1.78. The van der Waals surface area contributed by atoms with Gasteiger partial charge in [-0.3, -0.25) is 4.79 Å². The second kappa shape index (κ2) is 5.84. The zero-order chi connectivity index (χ0) is 14.0. The normalized spacial score (nSPS) is 11.0. The maximum absolute atomic E-state index is 12.3. The summed E-state index contributed by atoms with van der Waals surface area (Å²) in [4.78, 5) is 16.4. The van der Waals surface area contributed by atoms with Gasteiger partial charge in [0.1, 0.15) is 12.2 Å². The molecule has 0 radical (unpaired) electrons. The van der Waals surface area contributed by atoms with Crippen molar-refractivity contribution >= 4 is 33.3 Å². The highest BCUT2D eigenvalue weighted by atomic mass is 79.9. The first kappa shape index (κ1) is 14.2. The van der Waals surface area contributed by atoms with E-state index in [0.29, 0.717) is 16.4 Å². The summed E-state index contributed by atoms with van der Waals surface area (Å²) in [5.41, 5.74) is 0.495. The molecule has 0 fully saturated rings. The lowest BCUT2D eigenvalue weighted by atomic mass is 10.1. The van der Waals surface area contributed by atoms with Crippen LogP contribution in [0.25, 0.3) is 0 Å². The number of Topliss-reactive ketones (excluding diaryl/α,β-unsaturated/α-hetero) is 1. The van der Waals surface area contributed by atoms with Crippen molar-refractivity contribution in [1.29, 1.82) is 0 Å². The van der Waals surface area contributed by atoms with Crippen LogP contribution in [0.5, 0.6) is 0 Å². The van der Waals surface area contributed by atoms with E-state index in [-0.39, 0.29) is 18.2 Å². The largest absolute Gasteiger partial charge is 0.294 e. The molecule has 1 heterocycles. The lowest BCUT2D eigenvalue weighted by Crippen LogP contribution is -2.13. The molecule has 0 bridgehead atoms. The van der Waals surface area contributed by atoms with Gasteiger partial charge in [0.15, 0.2) is 5.78 Å². The maximum Gasteiger partial charge on any atom is 0.171 e. The number of rotatable bonds is 4. The van der Waals surface area contributed by atoms with Crippen LogP contribution in [0.2, 0.25) is 5.02 Å². The third-order valence-corrected chi connectivity index (χ3v) is 3.51. The van der Waals surface area contributed by atoms with E-state index in [1.54, 1.807) is 22.9 Å². The summed E-state index contributed by atoms with van der Waals surface area (Å²) in [6, 6.07) is 5.39. The molecule has 1 aromatic heterocycles. The maximum atomic E-state index is 12.3. The van der Waals surface area contributed by atoms with Crippen molar-refractivity contribution in [3.05, 3.63) is 45.4 Å². The van der Waals surface area contributed by atoms with E-state index in [9.17, 15) is 4.79 Å². The standard InChI is InChI=1S/C13H13BrClN3O/c1-8(2)18-13(16-7-17-18)6-12(19)10-5-9(14)3-4-11(10)15/h3-5,7-8H,6H2,1-2H3. The van der Waals surface area contributed by atoms with Gasteiger partial charge in [-0.2, -0.15) is 5.10 Å². The van der Waals surface area contributed by atoms with Crippen LogP contribution in [-0.4, -0.2) is 20.5 Å². The molecular formula is C13H13BrClN3O. The van der Waals surface area contributed by atoms with Gasteiger partial charge in [0.25, 0.3) is 0 Å². The van der Waals surface area contributed by atoms with Crippen LogP contribution in [0, 0.1) is 0 Å². The number of aromatic nitrogens is 3. The number of halogens is 2. The Morgan fingerprint density at radius 3 is 2.89 bits per heavy atom. The summed E-state index contributed by atoms with van der Waals surface area (Å²) in [7, 11) is 0. The molecule has 19 heavy (non-hydrogen) atoms. The lowest BCUT2D eigenvalue weighted by molar-refractivity contribution is 0.0989. The van der Waals surface area contributed by atoms with Crippen molar-refractivity contribution in [2.45, 2.75) is 26.3 Å². The Hall–Kier alpha value is -1.20. The minimum absolute atomic E-state index is 0.0683. The van der Waals surface area contributed by atoms with Gasteiger partial charge < -0.3 is 0 Å². The summed E-state index contributed by atoms with van der Waals surface area (Å²) in [5, 5.41) is 4.56. The molecule has 2 aromatic rings. The van der Waals surface area contributed by atoms with Crippen LogP contribution >= 0.6 is 27.5 Å². The number of hydrogen-bond donors (Lipinski definition) is 0. The number of nitrogens with zero attached hydrogens (tertiary/aromatic N) is 3. The van der Waals surface area contributed by atoms with E-state index in [4.69, 9.17) is 11.6 Å². The summed E-state index contributed by atoms with van der Waals surface area (Å²) >= 11 is 9.39. The molecule has 2 rings (SSSR count). The van der Waals surface area contributed by atoms with Gasteiger partial charge in [0.05, 0.1) is 11.4 Å². The fraction of sp³-hybridized carbons (Fsp3) is 0.308. The molecule has 0 aliphatic carbocycles. The van der Waals surface area contributed by atoms with Crippen LogP contribution in [0.3, 0.4) is 0 Å². The lowest BCUT2D eigenvalue weighted by Gasteiger charge is -2.09. The zero-order valence-electron chi connectivity index (χ0n) is 10.6. The number of ketones is 1. The summed E-state index contributed by atoms with van der Waals surface area (Å²) in [6.45, 7) is 3.99. The second-order valence-corrected chi connectivity index (χ2v) is 5.76.